The van der Waals surface area contributed by atoms with Crippen LogP contribution in [0.3, 0.4) is 0 Å². The molecule has 0 fully saturated rings. The number of fused-ring (bicyclic) bond motifs is 1. The summed E-state index contributed by atoms with van der Waals surface area (Å²) in [6.07, 6.45) is 1.64. The van der Waals surface area contributed by atoms with E-state index in [-0.39, 0.29) is 17.1 Å². The average molecular weight is 249 g/mol. The van der Waals surface area contributed by atoms with Crippen molar-refractivity contribution in [2.75, 3.05) is 5.75 Å². The fraction of sp³-hybridized carbons (Fsp3) is 0.273. The van der Waals surface area contributed by atoms with E-state index in [2.05, 4.69) is 4.98 Å². The number of benzene rings is 1. The van der Waals surface area contributed by atoms with Gasteiger partial charge in [-0.15, -0.1) is 0 Å². The van der Waals surface area contributed by atoms with Crippen molar-refractivity contribution in [1.29, 1.82) is 5.26 Å². The largest absolute Gasteiger partial charge is 0.334 e. The summed E-state index contributed by atoms with van der Waals surface area (Å²) in [5.41, 5.74) is 1.52. The monoisotopic (exact) mass is 249 g/mol. The van der Waals surface area contributed by atoms with Gasteiger partial charge >= 0.3 is 0 Å². The van der Waals surface area contributed by atoms with Crippen molar-refractivity contribution in [2.45, 2.75) is 11.3 Å². The van der Waals surface area contributed by atoms with Gasteiger partial charge in [0.05, 0.1) is 34.1 Å². The molecule has 0 saturated heterocycles. The second-order valence-electron chi connectivity index (χ2n) is 3.73. The lowest BCUT2D eigenvalue weighted by Gasteiger charge is -2.02. The summed E-state index contributed by atoms with van der Waals surface area (Å²) in [6, 6.07) is 6.66. The Balaban J connectivity index is 2.47. The quantitative estimate of drug-likeness (QED) is 0.820. The summed E-state index contributed by atoms with van der Waals surface area (Å²) in [5, 5.41) is 8.42. The first-order valence-corrected chi connectivity index (χ1v) is 6.70. The number of nitrogens with zero attached hydrogens (tertiary/aromatic N) is 3. The highest BCUT2D eigenvalue weighted by Gasteiger charge is 2.15. The van der Waals surface area contributed by atoms with Crippen molar-refractivity contribution in [2.24, 2.45) is 7.05 Å². The molecule has 2 rings (SSSR count). The second-order valence-corrected chi connectivity index (χ2v) is 5.84. The van der Waals surface area contributed by atoms with Crippen LogP contribution in [-0.4, -0.2) is 23.7 Å². The van der Waals surface area contributed by atoms with Crippen LogP contribution in [0.4, 0.5) is 0 Å². The van der Waals surface area contributed by atoms with Gasteiger partial charge in [-0.2, -0.15) is 5.26 Å². The van der Waals surface area contributed by atoms with Crippen molar-refractivity contribution < 1.29 is 8.42 Å². The summed E-state index contributed by atoms with van der Waals surface area (Å²) >= 11 is 0. The maximum Gasteiger partial charge on any atom is 0.179 e. The Labute approximate surface area is 99.2 Å². The average Bonchev–Trinajstić information content (AvgIpc) is 2.68. The van der Waals surface area contributed by atoms with E-state index in [1.165, 1.54) is 0 Å². The highest BCUT2D eigenvalue weighted by atomic mass is 32.2. The molecular weight excluding hydrogens is 238 g/mol. The summed E-state index contributed by atoms with van der Waals surface area (Å²) in [6.45, 7) is 0. The summed E-state index contributed by atoms with van der Waals surface area (Å²) in [5.74, 6) is -0.151. The van der Waals surface area contributed by atoms with Gasteiger partial charge in [0, 0.05) is 13.5 Å². The number of hydrogen-bond acceptors (Lipinski definition) is 4. The first kappa shape index (κ1) is 11.6. The predicted molar refractivity (Wildman–Crippen MR) is 63.0 cm³/mol. The van der Waals surface area contributed by atoms with Crippen molar-refractivity contribution >= 4 is 20.9 Å². The molecule has 88 valence electrons. The van der Waals surface area contributed by atoms with Crippen molar-refractivity contribution in [3.05, 3.63) is 24.5 Å². The zero-order valence-electron chi connectivity index (χ0n) is 9.29. The first-order chi connectivity index (χ1) is 8.04. The van der Waals surface area contributed by atoms with E-state index < -0.39 is 9.84 Å². The minimum Gasteiger partial charge on any atom is -0.334 e. The van der Waals surface area contributed by atoms with Crippen molar-refractivity contribution in [3.8, 4) is 6.07 Å². The standard InChI is InChI=1S/C11H11N3O2S/c1-14-8-13-10-7-9(3-4-11(10)14)17(15,16)6-2-5-12/h3-4,7-8H,2,6H2,1H3. The van der Waals surface area contributed by atoms with E-state index in [9.17, 15) is 8.42 Å². The third-order valence-electron chi connectivity index (χ3n) is 2.54. The van der Waals surface area contributed by atoms with Gasteiger partial charge in [0.2, 0.25) is 0 Å². The van der Waals surface area contributed by atoms with Crippen LogP contribution in [0.15, 0.2) is 29.4 Å². The first-order valence-electron chi connectivity index (χ1n) is 5.05. The van der Waals surface area contributed by atoms with Gasteiger partial charge < -0.3 is 4.57 Å². The molecule has 0 saturated carbocycles. The van der Waals surface area contributed by atoms with E-state index in [0.717, 1.165) is 5.52 Å². The molecule has 0 aliphatic carbocycles. The Morgan fingerprint density at radius 3 is 2.94 bits per heavy atom. The number of imidazole rings is 1. The number of nitriles is 1. The molecule has 1 aromatic carbocycles. The maximum atomic E-state index is 11.9. The summed E-state index contributed by atoms with van der Waals surface area (Å²) in [7, 11) is -1.53. The van der Waals surface area contributed by atoms with Crippen LogP contribution in [0.5, 0.6) is 0 Å². The van der Waals surface area contributed by atoms with Crippen LogP contribution in [0.2, 0.25) is 0 Å². The molecule has 0 aliphatic heterocycles. The Hall–Kier alpha value is -1.87. The maximum absolute atomic E-state index is 11.9. The van der Waals surface area contributed by atoms with E-state index in [4.69, 9.17) is 5.26 Å². The highest BCUT2D eigenvalue weighted by molar-refractivity contribution is 7.91. The topological polar surface area (TPSA) is 75.8 Å². The van der Waals surface area contributed by atoms with Gasteiger partial charge in [-0.25, -0.2) is 13.4 Å². The molecule has 0 amide bonds. The SMILES string of the molecule is Cn1cnc2cc(S(=O)(=O)CCC#N)ccc21. The Kier molecular flexibility index (Phi) is 2.86. The molecule has 0 aliphatic rings. The molecular formula is C11H11N3O2S. The van der Waals surface area contributed by atoms with E-state index in [1.54, 1.807) is 24.5 Å². The zero-order chi connectivity index (χ0) is 12.5. The Morgan fingerprint density at radius 2 is 2.24 bits per heavy atom. The van der Waals surface area contributed by atoms with E-state index in [1.807, 2.05) is 17.7 Å². The predicted octanol–water partition coefficient (Wildman–Crippen LogP) is 1.26. The minimum absolute atomic E-state index is 0.00257. The summed E-state index contributed by atoms with van der Waals surface area (Å²) in [4.78, 5) is 4.33. The van der Waals surface area contributed by atoms with Crippen LogP contribution in [0, 0.1) is 11.3 Å². The van der Waals surface area contributed by atoms with Crippen LogP contribution in [-0.2, 0) is 16.9 Å². The number of rotatable bonds is 3. The third-order valence-corrected chi connectivity index (χ3v) is 4.25. The van der Waals surface area contributed by atoms with Gasteiger partial charge in [-0.3, -0.25) is 0 Å². The number of aromatic nitrogens is 2. The second kappa shape index (κ2) is 4.18. The summed E-state index contributed by atoms with van der Waals surface area (Å²) < 4.78 is 25.5. The highest BCUT2D eigenvalue weighted by Crippen LogP contribution is 2.18. The lowest BCUT2D eigenvalue weighted by molar-refractivity contribution is 0.596. The van der Waals surface area contributed by atoms with Gasteiger partial charge in [-0.05, 0) is 18.2 Å². The van der Waals surface area contributed by atoms with Gasteiger partial charge in [0.25, 0.3) is 0 Å². The molecule has 1 aromatic heterocycles. The molecule has 0 radical (unpaired) electrons. The molecule has 5 nitrogen and oxygen atoms in total. The lowest BCUT2D eigenvalue weighted by Crippen LogP contribution is -2.06. The molecule has 1 heterocycles. The van der Waals surface area contributed by atoms with E-state index >= 15 is 0 Å². The molecule has 6 heteroatoms. The van der Waals surface area contributed by atoms with Crippen LogP contribution >= 0.6 is 0 Å². The Bertz CT molecular complexity index is 695. The van der Waals surface area contributed by atoms with Gasteiger partial charge in [0.1, 0.15) is 0 Å². The van der Waals surface area contributed by atoms with Crippen LogP contribution in [0.25, 0.3) is 11.0 Å². The van der Waals surface area contributed by atoms with Gasteiger partial charge in [-0.1, -0.05) is 0 Å². The zero-order valence-corrected chi connectivity index (χ0v) is 10.1. The van der Waals surface area contributed by atoms with Crippen LogP contribution in [0.1, 0.15) is 6.42 Å². The molecule has 0 atom stereocenters. The number of hydrogen-bond donors (Lipinski definition) is 0. The number of sulfone groups is 1. The van der Waals surface area contributed by atoms with Crippen molar-refractivity contribution in [3.63, 3.8) is 0 Å². The molecule has 0 bridgehead atoms. The molecule has 0 unspecified atom stereocenters. The lowest BCUT2D eigenvalue weighted by atomic mass is 10.3. The molecule has 0 N–H and O–H groups in total. The molecule has 0 spiro atoms. The fourth-order valence-corrected chi connectivity index (χ4v) is 2.77. The number of aryl methyl sites for hydroxylation is 1. The van der Waals surface area contributed by atoms with Crippen LogP contribution < -0.4 is 0 Å². The van der Waals surface area contributed by atoms with Gasteiger partial charge in [0.15, 0.2) is 9.84 Å². The smallest absolute Gasteiger partial charge is 0.179 e. The fourth-order valence-electron chi connectivity index (χ4n) is 1.61. The third kappa shape index (κ3) is 2.15. The normalized spacial score (nSPS) is 11.5. The van der Waals surface area contributed by atoms with Crippen molar-refractivity contribution in [1.82, 2.24) is 9.55 Å². The Morgan fingerprint density at radius 1 is 1.47 bits per heavy atom. The molecule has 17 heavy (non-hydrogen) atoms. The van der Waals surface area contributed by atoms with E-state index in [0.29, 0.717) is 5.52 Å². The minimum atomic E-state index is -3.38. The molecule has 2 aromatic rings.